The van der Waals surface area contributed by atoms with E-state index in [1.165, 1.54) is 0 Å². The van der Waals surface area contributed by atoms with Gasteiger partial charge in [0, 0.05) is 56.2 Å². The summed E-state index contributed by atoms with van der Waals surface area (Å²) in [6, 6.07) is 6.50. The van der Waals surface area contributed by atoms with Gasteiger partial charge < -0.3 is 29.3 Å². The van der Waals surface area contributed by atoms with Crippen molar-refractivity contribution in [3.8, 4) is 12.1 Å². The van der Waals surface area contributed by atoms with Crippen LogP contribution in [-0.4, -0.2) is 77.6 Å². The normalized spacial score (nSPS) is 29.2. The molecule has 1 spiro atoms. The summed E-state index contributed by atoms with van der Waals surface area (Å²) in [6.07, 6.45) is 6.37. The first-order valence-corrected chi connectivity index (χ1v) is 16.5. The minimum Gasteiger partial charge on any atom is -0.461 e. The molecule has 0 radical (unpaired) electrons. The zero-order chi connectivity index (χ0) is 31.5. The average Bonchev–Trinajstić information content (AvgIpc) is 3.67. The van der Waals surface area contributed by atoms with Crippen molar-refractivity contribution in [2.75, 3.05) is 56.6 Å². The van der Waals surface area contributed by atoms with Crippen LogP contribution < -0.4 is 15.4 Å². The highest BCUT2D eigenvalue weighted by atomic mass is 19.1. The molecule has 1 aromatic carbocycles. The van der Waals surface area contributed by atoms with Crippen LogP contribution in [0.2, 0.25) is 0 Å². The molecule has 0 unspecified atom stereocenters. The fourth-order valence-electron chi connectivity index (χ4n) is 8.56. The van der Waals surface area contributed by atoms with Crippen LogP contribution in [0.15, 0.2) is 22.7 Å². The fraction of sp³-hybridized carbons (Fsp3) is 0.588. The van der Waals surface area contributed by atoms with E-state index in [1.807, 2.05) is 19.1 Å². The predicted octanol–water partition coefficient (Wildman–Crippen LogP) is 4.11. The van der Waals surface area contributed by atoms with Gasteiger partial charge in [-0.15, -0.1) is 0 Å². The van der Waals surface area contributed by atoms with E-state index < -0.39 is 11.8 Å². The Hall–Kier alpha value is -3.79. The van der Waals surface area contributed by atoms with Crippen LogP contribution in [-0.2, 0) is 34.5 Å². The second-order valence-electron chi connectivity index (χ2n) is 13.6. The zero-order valence-electron chi connectivity index (χ0n) is 26.3. The molecule has 1 aliphatic carbocycles. The Kier molecular flexibility index (Phi) is 7.38. The number of nitrogens with two attached hydrogens (primary N) is 1. The molecule has 5 aliphatic rings. The molecule has 0 bridgehead atoms. The van der Waals surface area contributed by atoms with Crippen molar-refractivity contribution in [1.82, 2.24) is 19.9 Å². The van der Waals surface area contributed by atoms with Crippen molar-refractivity contribution in [1.29, 1.82) is 5.26 Å². The van der Waals surface area contributed by atoms with Gasteiger partial charge >= 0.3 is 6.01 Å². The van der Waals surface area contributed by atoms with Gasteiger partial charge in [-0.2, -0.15) is 15.2 Å². The first-order valence-electron chi connectivity index (χ1n) is 16.5. The molecule has 2 N–H and O–H groups in total. The number of aryl methyl sites for hydroxylation is 2. The van der Waals surface area contributed by atoms with Gasteiger partial charge in [-0.05, 0) is 50.3 Å². The van der Waals surface area contributed by atoms with Crippen LogP contribution in [0.3, 0.4) is 0 Å². The Morgan fingerprint density at radius 3 is 2.96 bits per heavy atom. The van der Waals surface area contributed by atoms with Crippen molar-refractivity contribution in [3.63, 3.8) is 0 Å². The lowest BCUT2D eigenvalue weighted by Crippen LogP contribution is -2.44. The van der Waals surface area contributed by atoms with Crippen LogP contribution in [0.4, 0.5) is 15.9 Å². The fourth-order valence-corrected chi connectivity index (χ4v) is 8.56. The van der Waals surface area contributed by atoms with Crippen molar-refractivity contribution in [2.24, 2.45) is 0 Å². The number of nitrogens with zero attached hydrogens (tertiary/aromatic N) is 6. The molecule has 8 rings (SSSR count). The highest BCUT2D eigenvalue weighted by molar-refractivity contribution is 5.63. The van der Waals surface area contributed by atoms with Crippen molar-refractivity contribution in [2.45, 2.75) is 81.7 Å². The number of hydrogen-bond acceptors (Lipinski definition) is 11. The molecule has 12 heteroatoms. The maximum absolute atomic E-state index is 14.6. The number of fused-ring (bicyclic) bond motifs is 4. The number of anilines is 2. The molecule has 46 heavy (non-hydrogen) atoms. The number of rotatable bonds is 5. The van der Waals surface area contributed by atoms with Gasteiger partial charge in [0.15, 0.2) is 5.89 Å². The summed E-state index contributed by atoms with van der Waals surface area (Å²) in [7, 11) is 0. The Morgan fingerprint density at radius 2 is 2.11 bits per heavy atom. The number of nitriles is 1. The lowest BCUT2D eigenvalue weighted by atomic mass is 9.72. The van der Waals surface area contributed by atoms with Crippen LogP contribution in [0.25, 0.3) is 0 Å². The first-order chi connectivity index (χ1) is 22.4. The SMILES string of the molecule is Cc1ncc([C@@H]2COCCN(c3nc(OC[C@@]45CCCN4C[C@H](F)C5)nc4c3CO[C@@]3(CCCc5ccc(N)c(C#N)c53)C4)C2)o1. The number of oxazole rings is 1. The summed E-state index contributed by atoms with van der Waals surface area (Å²) >= 11 is 0. The van der Waals surface area contributed by atoms with E-state index in [0.717, 1.165) is 72.6 Å². The summed E-state index contributed by atoms with van der Waals surface area (Å²) in [6.45, 7) is 6.09. The highest BCUT2D eigenvalue weighted by Gasteiger charge is 2.50. The third-order valence-corrected chi connectivity index (χ3v) is 10.8. The van der Waals surface area contributed by atoms with Crippen LogP contribution >= 0.6 is 0 Å². The second kappa shape index (κ2) is 11.5. The van der Waals surface area contributed by atoms with Crippen LogP contribution in [0.5, 0.6) is 6.01 Å². The quantitative estimate of drug-likeness (QED) is 0.409. The smallest absolute Gasteiger partial charge is 0.318 e. The standard InChI is InChI=1S/C34H40FN7O4/c1-21-38-15-29(46-21)23-16-41(10-11-43-18-23)31-26-19-45-34(8-2-4-22-5-6-27(37)25(14-36)30(22)34)13-28(26)39-32(40-31)44-20-33-7-3-9-42(33)17-24(35)12-33/h5-6,15,23-24H,2-4,7-13,16-20,37H2,1H3/t23-,24+,33-,34-/m0/s1. The van der Waals surface area contributed by atoms with E-state index in [2.05, 4.69) is 20.9 Å². The molecule has 11 nitrogen and oxygen atoms in total. The Balaban J connectivity index is 1.18. The monoisotopic (exact) mass is 629 g/mol. The van der Waals surface area contributed by atoms with Crippen molar-refractivity contribution in [3.05, 3.63) is 57.9 Å². The van der Waals surface area contributed by atoms with Crippen LogP contribution in [0, 0.1) is 18.3 Å². The van der Waals surface area contributed by atoms with Gasteiger partial charge in [-0.25, -0.2) is 9.37 Å². The number of aromatic nitrogens is 3. The van der Waals surface area contributed by atoms with Gasteiger partial charge in [0.2, 0.25) is 0 Å². The largest absolute Gasteiger partial charge is 0.461 e. The van der Waals surface area contributed by atoms with E-state index in [-0.39, 0.29) is 24.1 Å². The lowest BCUT2D eigenvalue weighted by Gasteiger charge is -2.43. The minimum atomic E-state index is -0.845. The summed E-state index contributed by atoms with van der Waals surface area (Å²) in [4.78, 5) is 18.8. The molecule has 3 saturated heterocycles. The van der Waals surface area contributed by atoms with Gasteiger partial charge in [-0.1, -0.05) is 6.07 Å². The van der Waals surface area contributed by atoms with E-state index in [9.17, 15) is 9.65 Å². The molecular formula is C34H40FN7O4. The van der Waals surface area contributed by atoms with Crippen molar-refractivity contribution < 1.29 is 23.0 Å². The number of nitrogen functional groups attached to an aromatic ring is 1. The summed E-state index contributed by atoms with van der Waals surface area (Å²) in [5.41, 5.74) is 9.98. The minimum absolute atomic E-state index is 0.0353. The highest BCUT2D eigenvalue weighted by Crippen LogP contribution is 2.48. The van der Waals surface area contributed by atoms with E-state index >= 15 is 0 Å². The molecule has 0 amide bonds. The first kappa shape index (κ1) is 29.6. The average molecular weight is 630 g/mol. The second-order valence-corrected chi connectivity index (χ2v) is 13.6. The predicted molar refractivity (Wildman–Crippen MR) is 166 cm³/mol. The number of benzene rings is 1. The third kappa shape index (κ3) is 5.00. The van der Waals surface area contributed by atoms with Crippen molar-refractivity contribution >= 4 is 11.5 Å². The van der Waals surface area contributed by atoms with Crippen LogP contribution in [0.1, 0.15) is 77.6 Å². The number of halogens is 1. The molecule has 0 saturated carbocycles. The van der Waals surface area contributed by atoms with E-state index in [1.54, 1.807) is 6.20 Å². The Bertz CT molecular complexity index is 1690. The number of hydrogen-bond donors (Lipinski definition) is 1. The Labute approximate surface area is 267 Å². The van der Waals surface area contributed by atoms with E-state index in [4.69, 9.17) is 34.3 Å². The van der Waals surface area contributed by atoms with Gasteiger partial charge in [-0.3, -0.25) is 4.90 Å². The summed E-state index contributed by atoms with van der Waals surface area (Å²) < 4.78 is 39.8. The molecule has 2 aromatic heterocycles. The molecule has 4 atom stereocenters. The van der Waals surface area contributed by atoms with Gasteiger partial charge in [0.25, 0.3) is 0 Å². The zero-order valence-corrected chi connectivity index (χ0v) is 26.3. The molecule has 6 heterocycles. The molecule has 4 aliphatic heterocycles. The lowest BCUT2D eigenvalue weighted by molar-refractivity contribution is -0.0857. The maximum Gasteiger partial charge on any atom is 0.318 e. The third-order valence-electron chi connectivity index (χ3n) is 10.8. The molecule has 3 fully saturated rings. The Morgan fingerprint density at radius 1 is 1.20 bits per heavy atom. The maximum atomic E-state index is 14.6. The summed E-state index contributed by atoms with van der Waals surface area (Å²) in [5.74, 6) is 2.11. The molecule has 242 valence electrons. The van der Waals surface area contributed by atoms with Gasteiger partial charge in [0.05, 0.1) is 48.7 Å². The molecular weight excluding hydrogens is 589 g/mol. The number of ether oxygens (including phenoxy) is 3. The van der Waals surface area contributed by atoms with Gasteiger partial charge in [0.1, 0.15) is 36.0 Å². The number of alkyl halides is 1. The molecule has 3 aromatic rings. The van der Waals surface area contributed by atoms with E-state index in [0.29, 0.717) is 69.4 Å². The topological polar surface area (TPSA) is 136 Å². The summed E-state index contributed by atoms with van der Waals surface area (Å²) in [5, 5.41) is 10.2.